The first-order valence-electron chi connectivity index (χ1n) is 7.69. The molecular weight excluding hydrogens is 383 g/mol. The van der Waals surface area contributed by atoms with Crippen LogP contribution in [0, 0.1) is 5.92 Å². The Morgan fingerprint density at radius 2 is 1.95 bits per heavy atom. The van der Waals surface area contributed by atoms with E-state index in [-0.39, 0.29) is 41.9 Å². The average molecular weight is 410 g/mol. The fourth-order valence-corrected chi connectivity index (χ4v) is 2.38. The Balaban J connectivity index is 0.00000220. The molecule has 2 aliphatic rings. The number of amides is 1. The third-order valence-corrected chi connectivity index (χ3v) is 3.92. The van der Waals surface area contributed by atoms with Crippen LogP contribution in [0.4, 0.5) is 0 Å². The lowest BCUT2D eigenvalue weighted by Gasteiger charge is -2.24. The summed E-state index contributed by atoms with van der Waals surface area (Å²) in [4.78, 5) is 15.8. The van der Waals surface area contributed by atoms with Crippen LogP contribution in [0.1, 0.15) is 38.5 Å². The molecule has 0 aromatic heterocycles. The van der Waals surface area contributed by atoms with Crippen LogP contribution in [-0.2, 0) is 9.53 Å². The Bertz CT molecular complexity index is 342. The summed E-state index contributed by atoms with van der Waals surface area (Å²) < 4.78 is 5.47. The number of aliphatic imine (C=N–C) groups is 1. The number of halogens is 1. The van der Waals surface area contributed by atoms with Gasteiger partial charge in [0.05, 0.1) is 12.6 Å². The van der Waals surface area contributed by atoms with Crippen LogP contribution in [0.5, 0.6) is 0 Å². The lowest BCUT2D eigenvalue weighted by atomic mass is 9.85. The van der Waals surface area contributed by atoms with E-state index in [2.05, 4.69) is 15.6 Å². The molecule has 1 unspecified atom stereocenters. The zero-order valence-electron chi connectivity index (χ0n) is 12.5. The summed E-state index contributed by atoms with van der Waals surface area (Å²) in [6.07, 6.45) is 6.57. The second-order valence-corrected chi connectivity index (χ2v) is 5.56. The van der Waals surface area contributed by atoms with Gasteiger partial charge in [0.25, 0.3) is 0 Å². The SMILES string of the molecule is I.NC(=NCC1CCCO1)NCCCNC(=O)C1CCC1. The quantitative estimate of drug-likeness (QED) is 0.253. The van der Waals surface area contributed by atoms with Crippen LogP contribution in [0.3, 0.4) is 0 Å². The van der Waals surface area contributed by atoms with Gasteiger partial charge in [-0.15, -0.1) is 24.0 Å². The molecule has 1 saturated heterocycles. The summed E-state index contributed by atoms with van der Waals surface area (Å²) in [5.41, 5.74) is 5.77. The van der Waals surface area contributed by atoms with E-state index in [0.29, 0.717) is 19.0 Å². The van der Waals surface area contributed by atoms with E-state index < -0.39 is 0 Å². The zero-order chi connectivity index (χ0) is 14.2. The number of rotatable bonds is 7. The highest BCUT2D eigenvalue weighted by Gasteiger charge is 2.24. The molecule has 1 aliphatic carbocycles. The molecule has 6 nitrogen and oxygen atoms in total. The van der Waals surface area contributed by atoms with Crippen molar-refractivity contribution in [2.24, 2.45) is 16.6 Å². The number of carbonyl (C=O) groups is 1. The van der Waals surface area contributed by atoms with Crippen molar-refractivity contribution in [3.63, 3.8) is 0 Å². The van der Waals surface area contributed by atoms with Gasteiger partial charge in [-0.25, -0.2) is 0 Å². The van der Waals surface area contributed by atoms with E-state index in [1.54, 1.807) is 0 Å². The summed E-state index contributed by atoms with van der Waals surface area (Å²) in [6.45, 7) is 2.90. The molecule has 1 heterocycles. The Labute approximate surface area is 143 Å². The van der Waals surface area contributed by atoms with Gasteiger partial charge in [-0.1, -0.05) is 6.42 Å². The smallest absolute Gasteiger partial charge is 0.223 e. The highest BCUT2D eigenvalue weighted by atomic mass is 127. The van der Waals surface area contributed by atoms with Crippen molar-refractivity contribution in [2.45, 2.75) is 44.6 Å². The van der Waals surface area contributed by atoms with Gasteiger partial charge in [0.2, 0.25) is 5.91 Å². The van der Waals surface area contributed by atoms with E-state index >= 15 is 0 Å². The number of nitrogens with zero attached hydrogens (tertiary/aromatic N) is 1. The average Bonchev–Trinajstić information content (AvgIpc) is 2.87. The van der Waals surface area contributed by atoms with Crippen molar-refractivity contribution in [1.29, 1.82) is 0 Å². The molecule has 2 rings (SSSR count). The first-order chi connectivity index (χ1) is 9.75. The first kappa shape index (κ1) is 18.5. The van der Waals surface area contributed by atoms with E-state index in [9.17, 15) is 4.79 Å². The minimum Gasteiger partial charge on any atom is -0.376 e. The minimum absolute atomic E-state index is 0. The third kappa shape index (κ3) is 6.82. The third-order valence-electron chi connectivity index (χ3n) is 3.92. The second kappa shape index (κ2) is 10.2. The van der Waals surface area contributed by atoms with Crippen LogP contribution in [0.2, 0.25) is 0 Å². The predicted octanol–water partition coefficient (Wildman–Crippen LogP) is 0.994. The largest absolute Gasteiger partial charge is 0.376 e. The normalized spacial score (nSPS) is 22.3. The van der Waals surface area contributed by atoms with Gasteiger partial charge in [0, 0.05) is 25.6 Å². The molecule has 0 bridgehead atoms. The van der Waals surface area contributed by atoms with Crippen molar-refractivity contribution in [3.05, 3.63) is 0 Å². The fourth-order valence-electron chi connectivity index (χ4n) is 2.38. The molecule has 4 N–H and O–H groups in total. The lowest BCUT2D eigenvalue weighted by Crippen LogP contribution is -2.37. The molecule has 0 aromatic carbocycles. The number of hydrogen-bond donors (Lipinski definition) is 3. The van der Waals surface area contributed by atoms with Crippen LogP contribution < -0.4 is 16.4 Å². The fraction of sp³-hybridized carbons (Fsp3) is 0.857. The Morgan fingerprint density at radius 3 is 2.57 bits per heavy atom. The molecule has 0 radical (unpaired) electrons. The van der Waals surface area contributed by atoms with Gasteiger partial charge in [-0.05, 0) is 32.1 Å². The molecule has 122 valence electrons. The molecule has 0 aromatic rings. The number of carbonyl (C=O) groups excluding carboxylic acids is 1. The molecular formula is C14H27IN4O2. The van der Waals surface area contributed by atoms with Gasteiger partial charge in [0.15, 0.2) is 5.96 Å². The topological polar surface area (TPSA) is 88.7 Å². The van der Waals surface area contributed by atoms with E-state index in [1.807, 2.05) is 0 Å². The Morgan fingerprint density at radius 1 is 1.19 bits per heavy atom. The van der Waals surface area contributed by atoms with Gasteiger partial charge >= 0.3 is 0 Å². The van der Waals surface area contributed by atoms with Crippen LogP contribution >= 0.6 is 24.0 Å². The molecule has 2 fully saturated rings. The zero-order valence-corrected chi connectivity index (χ0v) is 14.8. The Hall–Kier alpha value is -0.570. The highest BCUT2D eigenvalue weighted by molar-refractivity contribution is 14.0. The molecule has 1 saturated carbocycles. The number of nitrogens with one attached hydrogen (secondary N) is 2. The standard InChI is InChI=1S/C14H26N4O2.HI/c15-14(18-10-12-6-2-9-20-12)17-8-3-7-16-13(19)11-4-1-5-11;/h11-12H,1-10H2,(H,16,19)(H3,15,17,18);1H. The van der Waals surface area contributed by atoms with Crippen molar-refractivity contribution in [2.75, 3.05) is 26.2 Å². The molecule has 0 spiro atoms. The molecule has 21 heavy (non-hydrogen) atoms. The van der Waals surface area contributed by atoms with Crippen molar-refractivity contribution >= 4 is 35.8 Å². The summed E-state index contributed by atoms with van der Waals surface area (Å²) >= 11 is 0. The van der Waals surface area contributed by atoms with Crippen molar-refractivity contribution < 1.29 is 9.53 Å². The van der Waals surface area contributed by atoms with E-state index in [0.717, 1.165) is 45.3 Å². The van der Waals surface area contributed by atoms with Gasteiger partial charge in [-0.3, -0.25) is 9.79 Å². The summed E-state index contributed by atoms with van der Waals surface area (Å²) in [5.74, 6) is 0.933. The lowest BCUT2D eigenvalue weighted by molar-refractivity contribution is -0.127. The highest BCUT2D eigenvalue weighted by Crippen LogP contribution is 2.25. The summed E-state index contributed by atoms with van der Waals surface area (Å²) in [7, 11) is 0. The van der Waals surface area contributed by atoms with Crippen LogP contribution in [0.25, 0.3) is 0 Å². The van der Waals surface area contributed by atoms with E-state index in [1.165, 1.54) is 6.42 Å². The van der Waals surface area contributed by atoms with Crippen LogP contribution in [0.15, 0.2) is 4.99 Å². The van der Waals surface area contributed by atoms with Crippen LogP contribution in [-0.4, -0.2) is 44.2 Å². The Kier molecular flexibility index (Phi) is 8.98. The summed E-state index contributed by atoms with van der Waals surface area (Å²) in [5, 5.41) is 6.01. The van der Waals surface area contributed by atoms with Crippen molar-refractivity contribution in [3.8, 4) is 0 Å². The molecule has 7 heteroatoms. The monoisotopic (exact) mass is 410 g/mol. The van der Waals surface area contributed by atoms with Gasteiger partial charge < -0.3 is 21.1 Å². The number of ether oxygens (including phenoxy) is 1. The second-order valence-electron chi connectivity index (χ2n) is 5.56. The maximum Gasteiger partial charge on any atom is 0.223 e. The summed E-state index contributed by atoms with van der Waals surface area (Å²) in [6, 6.07) is 0. The number of nitrogens with two attached hydrogens (primary N) is 1. The number of guanidine groups is 1. The molecule has 1 atom stereocenters. The molecule has 1 amide bonds. The minimum atomic E-state index is 0. The first-order valence-corrected chi connectivity index (χ1v) is 7.69. The van der Waals surface area contributed by atoms with Gasteiger partial charge in [-0.2, -0.15) is 0 Å². The van der Waals surface area contributed by atoms with Gasteiger partial charge in [0.1, 0.15) is 0 Å². The molecule has 1 aliphatic heterocycles. The predicted molar refractivity (Wildman–Crippen MR) is 93.8 cm³/mol. The van der Waals surface area contributed by atoms with E-state index in [4.69, 9.17) is 10.5 Å². The maximum absolute atomic E-state index is 11.6. The van der Waals surface area contributed by atoms with Crippen molar-refractivity contribution in [1.82, 2.24) is 10.6 Å². The maximum atomic E-state index is 11.6. The number of hydrogen-bond acceptors (Lipinski definition) is 3.